The molecule has 0 aliphatic rings. The van der Waals surface area contributed by atoms with Crippen LogP contribution < -0.4 is 11.1 Å². The van der Waals surface area contributed by atoms with Crippen molar-refractivity contribution in [2.45, 2.75) is 13.5 Å². The first-order valence-corrected chi connectivity index (χ1v) is 6.95. The number of fused-ring (bicyclic) bond motifs is 1. The lowest BCUT2D eigenvalue weighted by Gasteiger charge is -2.09. The van der Waals surface area contributed by atoms with Gasteiger partial charge in [-0.05, 0) is 18.1 Å². The highest BCUT2D eigenvalue weighted by molar-refractivity contribution is 6.03. The van der Waals surface area contributed by atoms with E-state index in [0.717, 1.165) is 28.1 Å². The second-order valence-electron chi connectivity index (χ2n) is 5.07. The SMILES string of the molecule is CNc1ncnc2c1c(-c1ccccc1C)c(CN)n2C. The standard InChI is InChI=1S/C16H19N5/c1-10-6-4-5-7-11(10)13-12(8-17)21(3)16-14(13)15(18-2)19-9-20-16/h4-7,9H,8,17H2,1-3H3,(H,18,19,20). The quantitative estimate of drug-likeness (QED) is 0.773. The molecule has 0 radical (unpaired) electrons. The van der Waals surface area contributed by atoms with Gasteiger partial charge in [-0.25, -0.2) is 9.97 Å². The van der Waals surface area contributed by atoms with Crippen molar-refractivity contribution in [3.8, 4) is 11.1 Å². The van der Waals surface area contributed by atoms with E-state index in [-0.39, 0.29) is 0 Å². The Hall–Kier alpha value is -2.40. The maximum atomic E-state index is 6.00. The van der Waals surface area contributed by atoms with E-state index in [1.807, 2.05) is 26.2 Å². The lowest BCUT2D eigenvalue weighted by Crippen LogP contribution is -2.05. The third-order valence-corrected chi connectivity index (χ3v) is 3.93. The molecule has 108 valence electrons. The monoisotopic (exact) mass is 281 g/mol. The average Bonchev–Trinajstić information content (AvgIpc) is 2.80. The summed E-state index contributed by atoms with van der Waals surface area (Å²) in [5.41, 5.74) is 11.5. The lowest BCUT2D eigenvalue weighted by molar-refractivity contribution is 0.840. The summed E-state index contributed by atoms with van der Waals surface area (Å²) in [6.07, 6.45) is 1.58. The van der Waals surface area contributed by atoms with Gasteiger partial charge in [0.25, 0.3) is 0 Å². The molecule has 3 N–H and O–H groups in total. The Balaban J connectivity index is 2.48. The van der Waals surface area contributed by atoms with Crippen LogP contribution in [-0.2, 0) is 13.6 Å². The van der Waals surface area contributed by atoms with Gasteiger partial charge in [-0.1, -0.05) is 24.3 Å². The van der Waals surface area contributed by atoms with Gasteiger partial charge in [0.1, 0.15) is 17.8 Å². The normalized spacial score (nSPS) is 11.0. The Morgan fingerprint density at radius 2 is 2.00 bits per heavy atom. The summed E-state index contributed by atoms with van der Waals surface area (Å²) in [5, 5.41) is 4.18. The Morgan fingerprint density at radius 3 is 2.67 bits per heavy atom. The molecule has 0 aliphatic heterocycles. The molecule has 0 bridgehead atoms. The van der Waals surface area contributed by atoms with Gasteiger partial charge >= 0.3 is 0 Å². The summed E-state index contributed by atoms with van der Waals surface area (Å²) >= 11 is 0. The topological polar surface area (TPSA) is 68.8 Å². The van der Waals surface area contributed by atoms with Gasteiger partial charge in [0.15, 0.2) is 0 Å². The highest BCUT2D eigenvalue weighted by Gasteiger charge is 2.20. The number of hydrogen-bond acceptors (Lipinski definition) is 4. The zero-order chi connectivity index (χ0) is 15.0. The van der Waals surface area contributed by atoms with Crippen molar-refractivity contribution < 1.29 is 0 Å². The highest BCUT2D eigenvalue weighted by atomic mass is 15.1. The third-order valence-electron chi connectivity index (χ3n) is 3.93. The molecule has 1 aromatic carbocycles. The van der Waals surface area contributed by atoms with Crippen molar-refractivity contribution in [1.29, 1.82) is 0 Å². The summed E-state index contributed by atoms with van der Waals surface area (Å²) in [7, 11) is 3.87. The number of aromatic nitrogens is 3. The van der Waals surface area contributed by atoms with Crippen LogP contribution in [0.2, 0.25) is 0 Å². The molecule has 0 spiro atoms. The molecule has 5 heteroatoms. The fourth-order valence-electron chi connectivity index (χ4n) is 2.87. The summed E-state index contributed by atoms with van der Waals surface area (Å²) in [5.74, 6) is 0.827. The van der Waals surface area contributed by atoms with Gasteiger partial charge in [0.05, 0.1) is 5.39 Å². The van der Waals surface area contributed by atoms with Crippen LogP contribution in [0.5, 0.6) is 0 Å². The van der Waals surface area contributed by atoms with E-state index >= 15 is 0 Å². The molecule has 0 saturated heterocycles. The average molecular weight is 281 g/mol. The van der Waals surface area contributed by atoms with Gasteiger partial charge in [0.2, 0.25) is 0 Å². The van der Waals surface area contributed by atoms with Crippen molar-refractivity contribution in [1.82, 2.24) is 14.5 Å². The van der Waals surface area contributed by atoms with Gasteiger partial charge in [-0.2, -0.15) is 0 Å². The fraction of sp³-hybridized carbons (Fsp3) is 0.250. The second-order valence-corrected chi connectivity index (χ2v) is 5.07. The number of nitrogens with two attached hydrogens (primary N) is 1. The smallest absolute Gasteiger partial charge is 0.146 e. The van der Waals surface area contributed by atoms with Gasteiger partial charge in [0, 0.05) is 31.9 Å². The van der Waals surface area contributed by atoms with Crippen molar-refractivity contribution in [2.24, 2.45) is 12.8 Å². The van der Waals surface area contributed by atoms with Crippen LogP contribution in [-0.4, -0.2) is 21.6 Å². The zero-order valence-electron chi connectivity index (χ0n) is 12.5. The summed E-state index contributed by atoms with van der Waals surface area (Å²) in [6.45, 7) is 2.57. The van der Waals surface area contributed by atoms with Crippen LogP contribution >= 0.6 is 0 Å². The van der Waals surface area contributed by atoms with Gasteiger partial charge < -0.3 is 15.6 Å². The van der Waals surface area contributed by atoms with Crippen molar-refractivity contribution in [3.63, 3.8) is 0 Å². The molecule has 3 aromatic rings. The first-order valence-electron chi connectivity index (χ1n) is 6.95. The van der Waals surface area contributed by atoms with Gasteiger partial charge in [-0.3, -0.25) is 0 Å². The Labute approximate surface area is 123 Å². The van der Waals surface area contributed by atoms with Crippen molar-refractivity contribution in [3.05, 3.63) is 41.9 Å². The minimum Gasteiger partial charge on any atom is -0.372 e. The molecular formula is C16H19N5. The summed E-state index contributed by atoms with van der Waals surface area (Å²) in [6, 6.07) is 8.32. The first kappa shape index (κ1) is 13.6. The van der Waals surface area contributed by atoms with Crippen LogP contribution in [0.25, 0.3) is 22.2 Å². The number of nitrogens with one attached hydrogen (secondary N) is 1. The van der Waals surface area contributed by atoms with Crippen LogP contribution in [0.3, 0.4) is 0 Å². The molecule has 21 heavy (non-hydrogen) atoms. The number of aryl methyl sites for hydroxylation is 2. The number of nitrogens with zero attached hydrogens (tertiary/aromatic N) is 3. The Kier molecular flexibility index (Phi) is 3.35. The van der Waals surface area contributed by atoms with E-state index in [1.165, 1.54) is 11.1 Å². The van der Waals surface area contributed by atoms with E-state index < -0.39 is 0 Å². The van der Waals surface area contributed by atoms with E-state index in [0.29, 0.717) is 6.54 Å². The van der Waals surface area contributed by atoms with E-state index in [4.69, 9.17) is 5.73 Å². The molecule has 0 unspecified atom stereocenters. The molecule has 0 amide bonds. The number of benzene rings is 1. The third kappa shape index (κ3) is 1.97. The van der Waals surface area contributed by atoms with Crippen LogP contribution in [0.4, 0.5) is 5.82 Å². The summed E-state index contributed by atoms with van der Waals surface area (Å²) < 4.78 is 2.06. The van der Waals surface area contributed by atoms with E-state index in [9.17, 15) is 0 Å². The van der Waals surface area contributed by atoms with Crippen LogP contribution in [0, 0.1) is 6.92 Å². The minimum atomic E-state index is 0.458. The molecular weight excluding hydrogens is 262 g/mol. The Bertz CT molecular complexity index is 804. The number of rotatable bonds is 3. The predicted molar refractivity (Wildman–Crippen MR) is 86.1 cm³/mol. The van der Waals surface area contributed by atoms with Gasteiger partial charge in [-0.15, -0.1) is 0 Å². The Morgan fingerprint density at radius 1 is 1.24 bits per heavy atom. The molecule has 2 heterocycles. The number of anilines is 1. The summed E-state index contributed by atoms with van der Waals surface area (Å²) in [4.78, 5) is 8.78. The van der Waals surface area contributed by atoms with Crippen LogP contribution in [0.15, 0.2) is 30.6 Å². The molecule has 0 aliphatic carbocycles. The largest absolute Gasteiger partial charge is 0.372 e. The van der Waals surface area contributed by atoms with Crippen molar-refractivity contribution in [2.75, 3.05) is 12.4 Å². The van der Waals surface area contributed by atoms with Crippen molar-refractivity contribution >= 4 is 16.9 Å². The zero-order valence-corrected chi connectivity index (χ0v) is 12.5. The first-order chi connectivity index (χ1) is 10.2. The fourth-order valence-corrected chi connectivity index (χ4v) is 2.87. The molecule has 5 nitrogen and oxygen atoms in total. The molecule has 0 saturated carbocycles. The van der Waals surface area contributed by atoms with Crippen LogP contribution in [0.1, 0.15) is 11.3 Å². The molecule has 3 rings (SSSR count). The lowest BCUT2D eigenvalue weighted by atomic mass is 9.98. The molecule has 2 aromatic heterocycles. The molecule has 0 atom stereocenters. The maximum Gasteiger partial charge on any atom is 0.146 e. The highest BCUT2D eigenvalue weighted by Crippen LogP contribution is 2.37. The predicted octanol–water partition coefficient (Wildman–Crippen LogP) is 2.44. The second kappa shape index (κ2) is 5.18. The van der Waals surface area contributed by atoms with E-state index in [1.54, 1.807) is 6.33 Å². The minimum absolute atomic E-state index is 0.458. The maximum absolute atomic E-state index is 6.00. The van der Waals surface area contributed by atoms with E-state index in [2.05, 4.69) is 38.9 Å². The number of hydrogen-bond donors (Lipinski definition) is 2. The molecule has 0 fully saturated rings.